The summed E-state index contributed by atoms with van der Waals surface area (Å²) in [7, 11) is -3.65. The van der Waals surface area contributed by atoms with E-state index in [0.717, 1.165) is 0 Å². The average molecular weight is 480 g/mol. The van der Waals surface area contributed by atoms with Gasteiger partial charge in [0.2, 0.25) is 10.0 Å². The molecular formula is C22H26ClN3O5S. The molecule has 10 heteroatoms. The Kier molecular flexibility index (Phi) is 7.12. The molecule has 3 rings (SSSR count). The number of sulfonamides is 1. The quantitative estimate of drug-likeness (QED) is 0.718. The van der Waals surface area contributed by atoms with Crippen LogP contribution in [0.1, 0.15) is 31.1 Å². The second-order valence-corrected chi connectivity index (χ2v) is 10.7. The van der Waals surface area contributed by atoms with Gasteiger partial charge in [-0.25, -0.2) is 13.2 Å². The summed E-state index contributed by atoms with van der Waals surface area (Å²) in [4.78, 5) is 26.7. The van der Waals surface area contributed by atoms with Crippen LogP contribution in [0.2, 0.25) is 5.02 Å². The Labute approximate surface area is 193 Å². The van der Waals surface area contributed by atoms with Crippen LogP contribution in [0, 0.1) is 0 Å². The minimum absolute atomic E-state index is 0.169. The number of nitrogens with zero attached hydrogens (tertiary/aromatic N) is 2. The van der Waals surface area contributed by atoms with Crippen molar-refractivity contribution in [1.29, 1.82) is 0 Å². The molecule has 0 bridgehead atoms. The standard InChI is InChI=1S/C22H26ClN3O5S/c1-22(2,3)31-21(28)24-18-6-4-5-16(15-18)20(27)25-11-13-26(14-12-25)32(29,30)19-9-7-17(23)8-10-19/h4-10,15H,11-14H2,1-3H3,(H,24,28). The van der Waals surface area contributed by atoms with Crippen molar-refractivity contribution in [3.05, 3.63) is 59.1 Å². The van der Waals surface area contributed by atoms with Crippen molar-refractivity contribution < 1.29 is 22.7 Å². The minimum atomic E-state index is -3.65. The lowest BCUT2D eigenvalue weighted by Crippen LogP contribution is -2.50. The fourth-order valence-electron chi connectivity index (χ4n) is 3.22. The van der Waals surface area contributed by atoms with Crippen LogP contribution < -0.4 is 5.32 Å². The number of hydrogen-bond donors (Lipinski definition) is 1. The van der Waals surface area contributed by atoms with Crippen molar-refractivity contribution in [2.45, 2.75) is 31.3 Å². The number of hydrogen-bond acceptors (Lipinski definition) is 5. The molecule has 172 valence electrons. The summed E-state index contributed by atoms with van der Waals surface area (Å²) in [6, 6.07) is 12.6. The zero-order chi connectivity index (χ0) is 23.5. The van der Waals surface area contributed by atoms with Crippen molar-refractivity contribution in [3.8, 4) is 0 Å². The topological polar surface area (TPSA) is 96.0 Å². The highest BCUT2D eigenvalue weighted by Gasteiger charge is 2.30. The first kappa shape index (κ1) is 24.0. The zero-order valence-corrected chi connectivity index (χ0v) is 19.7. The van der Waals surface area contributed by atoms with Gasteiger partial charge in [-0.2, -0.15) is 4.31 Å². The Balaban J connectivity index is 1.63. The van der Waals surface area contributed by atoms with Crippen LogP contribution in [0.25, 0.3) is 0 Å². The number of ether oxygens (including phenoxy) is 1. The number of nitrogens with one attached hydrogen (secondary N) is 1. The largest absolute Gasteiger partial charge is 0.444 e. The molecule has 1 N–H and O–H groups in total. The highest BCUT2D eigenvalue weighted by Crippen LogP contribution is 2.21. The first-order valence-corrected chi connectivity index (χ1v) is 11.9. The number of amides is 2. The molecule has 2 aromatic carbocycles. The van der Waals surface area contributed by atoms with Crippen LogP contribution in [-0.2, 0) is 14.8 Å². The van der Waals surface area contributed by atoms with E-state index >= 15 is 0 Å². The highest BCUT2D eigenvalue weighted by molar-refractivity contribution is 7.89. The summed E-state index contributed by atoms with van der Waals surface area (Å²) in [6.07, 6.45) is -0.608. The monoisotopic (exact) mass is 479 g/mol. The van der Waals surface area contributed by atoms with Gasteiger partial charge in [-0.3, -0.25) is 10.1 Å². The summed E-state index contributed by atoms with van der Waals surface area (Å²) in [6.45, 7) is 6.18. The molecule has 0 aromatic heterocycles. The van der Waals surface area contributed by atoms with Gasteiger partial charge in [0.05, 0.1) is 4.90 Å². The molecule has 2 aromatic rings. The average Bonchev–Trinajstić information content (AvgIpc) is 2.72. The molecule has 0 spiro atoms. The molecule has 2 amide bonds. The van der Waals surface area contributed by atoms with Gasteiger partial charge in [0.25, 0.3) is 5.91 Å². The van der Waals surface area contributed by atoms with E-state index in [2.05, 4.69) is 5.32 Å². The number of carbonyl (C=O) groups is 2. The maximum atomic E-state index is 12.9. The second-order valence-electron chi connectivity index (χ2n) is 8.36. The van der Waals surface area contributed by atoms with E-state index in [1.807, 2.05) is 0 Å². The first-order valence-electron chi connectivity index (χ1n) is 10.1. The van der Waals surface area contributed by atoms with Crippen LogP contribution in [-0.4, -0.2) is 61.4 Å². The van der Waals surface area contributed by atoms with Crippen molar-refractivity contribution in [1.82, 2.24) is 9.21 Å². The van der Waals surface area contributed by atoms with Crippen molar-refractivity contribution in [2.75, 3.05) is 31.5 Å². The Morgan fingerprint density at radius 1 is 1.00 bits per heavy atom. The summed E-state index contributed by atoms with van der Waals surface area (Å²) in [5, 5.41) is 3.08. The first-order chi connectivity index (χ1) is 15.0. The molecule has 8 nitrogen and oxygen atoms in total. The summed E-state index contributed by atoms with van der Waals surface area (Å²) in [5.74, 6) is -0.235. The van der Waals surface area contributed by atoms with Gasteiger partial charge in [0.15, 0.2) is 0 Å². The van der Waals surface area contributed by atoms with Gasteiger partial charge in [-0.1, -0.05) is 17.7 Å². The van der Waals surface area contributed by atoms with Gasteiger partial charge in [0.1, 0.15) is 5.60 Å². The van der Waals surface area contributed by atoms with E-state index in [1.54, 1.807) is 49.9 Å². The smallest absolute Gasteiger partial charge is 0.412 e. The van der Waals surface area contributed by atoms with E-state index in [1.165, 1.54) is 28.6 Å². The summed E-state index contributed by atoms with van der Waals surface area (Å²) < 4.78 is 32.2. The SMILES string of the molecule is CC(C)(C)OC(=O)Nc1cccc(C(=O)N2CCN(S(=O)(=O)c3ccc(Cl)cc3)CC2)c1. The lowest BCUT2D eigenvalue weighted by Gasteiger charge is -2.34. The Bertz CT molecular complexity index is 1090. The van der Waals surface area contributed by atoms with E-state index in [0.29, 0.717) is 16.3 Å². The molecule has 1 fully saturated rings. The molecule has 0 atom stereocenters. The highest BCUT2D eigenvalue weighted by atomic mass is 35.5. The predicted molar refractivity (Wildman–Crippen MR) is 122 cm³/mol. The molecule has 1 saturated heterocycles. The van der Waals surface area contributed by atoms with Gasteiger partial charge in [-0.05, 0) is 63.2 Å². The molecule has 0 saturated carbocycles. The molecule has 0 radical (unpaired) electrons. The lowest BCUT2D eigenvalue weighted by atomic mass is 10.1. The molecular weight excluding hydrogens is 454 g/mol. The van der Waals surface area contributed by atoms with Crippen LogP contribution in [0.4, 0.5) is 10.5 Å². The fraction of sp³-hybridized carbons (Fsp3) is 0.364. The Hall–Kier alpha value is -2.62. The summed E-state index contributed by atoms with van der Waals surface area (Å²) in [5.41, 5.74) is 0.199. The van der Waals surface area contributed by atoms with Crippen LogP contribution in [0.15, 0.2) is 53.4 Å². The minimum Gasteiger partial charge on any atom is -0.444 e. The molecule has 32 heavy (non-hydrogen) atoms. The Morgan fingerprint density at radius 3 is 2.22 bits per heavy atom. The van der Waals surface area contributed by atoms with E-state index in [-0.39, 0.29) is 37.0 Å². The maximum Gasteiger partial charge on any atom is 0.412 e. The third-order valence-electron chi connectivity index (χ3n) is 4.73. The number of rotatable bonds is 4. The molecule has 1 aliphatic rings. The van der Waals surface area contributed by atoms with Gasteiger partial charge in [0, 0.05) is 42.5 Å². The van der Waals surface area contributed by atoms with Crippen molar-refractivity contribution in [3.63, 3.8) is 0 Å². The van der Waals surface area contributed by atoms with Gasteiger partial charge in [-0.15, -0.1) is 0 Å². The van der Waals surface area contributed by atoms with Gasteiger partial charge < -0.3 is 9.64 Å². The van der Waals surface area contributed by atoms with E-state index in [4.69, 9.17) is 16.3 Å². The third kappa shape index (κ3) is 5.99. The summed E-state index contributed by atoms with van der Waals surface area (Å²) >= 11 is 5.84. The number of benzene rings is 2. The second kappa shape index (κ2) is 9.48. The van der Waals surface area contributed by atoms with E-state index in [9.17, 15) is 18.0 Å². The number of halogens is 1. The molecule has 0 unspecified atom stereocenters. The molecule has 0 aliphatic carbocycles. The van der Waals surface area contributed by atoms with Gasteiger partial charge >= 0.3 is 6.09 Å². The third-order valence-corrected chi connectivity index (χ3v) is 6.90. The lowest BCUT2D eigenvalue weighted by molar-refractivity contribution is 0.0634. The maximum absolute atomic E-state index is 12.9. The van der Waals surface area contributed by atoms with E-state index < -0.39 is 21.7 Å². The van der Waals surface area contributed by atoms with Crippen molar-refractivity contribution >= 4 is 39.3 Å². The molecule has 1 heterocycles. The van der Waals surface area contributed by atoms with Crippen LogP contribution >= 0.6 is 11.6 Å². The number of carbonyl (C=O) groups excluding carboxylic acids is 2. The zero-order valence-electron chi connectivity index (χ0n) is 18.2. The Morgan fingerprint density at radius 2 is 1.62 bits per heavy atom. The number of anilines is 1. The predicted octanol–water partition coefficient (Wildman–Crippen LogP) is 3.83. The normalized spacial score (nSPS) is 15.3. The number of piperazine rings is 1. The van der Waals surface area contributed by atoms with Crippen molar-refractivity contribution in [2.24, 2.45) is 0 Å². The fourth-order valence-corrected chi connectivity index (χ4v) is 4.77. The van der Waals surface area contributed by atoms with Crippen LogP contribution in [0.5, 0.6) is 0 Å². The molecule has 1 aliphatic heterocycles. The van der Waals surface area contributed by atoms with Crippen LogP contribution in [0.3, 0.4) is 0 Å².